The Balaban J connectivity index is 1.90. The summed E-state index contributed by atoms with van der Waals surface area (Å²) in [5.74, 6) is 1.51. The van der Waals surface area contributed by atoms with Crippen LogP contribution in [0.15, 0.2) is 34.7 Å². The maximum Gasteiger partial charge on any atom is 0.256 e. The van der Waals surface area contributed by atoms with Crippen molar-refractivity contribution in [2.45, 2.75) is 26.2 Å². The quantitative estimate of drug-likeness (QED) is 0.533. The second-order valence-corrected chi connectivity index (χ2v) is 8.25. The van der Waals surface area contributed by atoms with E-state index >= 15 is 0 Å². The normalized spacial score (nSPS) is 11.5. The number of hydrogen-bond donors (Lipinski definition) is 1. The molecule has 0 saturated heterocycles. The van der Waals surface area contributed by atoms with Gasteiger partial charge in [-0.15, -0.1) is 0 Å². The third-order valence-electron chi connectivity index (χ3n) is 4.00. The summed E-state index contributed by atoms with van der Waals surface area (Å²) in [6.45, 7) is 6.12. The third kappa shape index (κ3) is 4.02. The fourth-order valence-corrected chi connectivity index (χ4v) is 3.24. The lowest BCUT2D eigenvalue weighted by molar-refractivity contribution is 0.102. The largest absolute Gasteiger partial charge is 0.493 e. The average molecular weight is 480 g/mol. The molecular formula is C20H21IN2O4. The van der Waals surface area contributed by atoms with Gasteiger partial charge < -0.3 is 19.2 Å². The molecule has 2 aromatic carbocycles. The highest BCUT2D eigenvalue weighted by molar-refractivity contribution is 14.1. The van der Waals surface area contributed by atoms with Crippen molar-refractivity contribution < 1.29 is 18.7 Å². The molecule has 3 rings (SSSR count). The standard InChI is InChI=1S/C20H21IN2O4/c1-20(2,3)19-23-14-8-11(6-7-15(14)27-19)22-18(24)12-9-16(25-4)17(26-5)10-13(12)21/h6-10H,1-5H3,(H,22,24). The number of oxazole rings is 1. The Hall–Kier alpha value is -2.29. The molecule has 1 heterocycles. The summed E-state index contributed by atoms with van der Waals surface area (Å²) in [5.41, 5.74) is 2.37. The molecule has 1 aromatic heterocycles. The zero-order chi connectivity index (χ0) is 19.8. The van der Waals surface area contributed by atoms with Gasteiger partial charge in [-0.2, -0.15) is 0 Å². The third-order valence-corrected chi connectivity index (χ3v) is 4.90. The van der Waals surface area contributed by atoms with Crippen molar-refractivity contribution in [2.75, 3.05) is 19.5 Å². The maximum atomic E-state index is 12.7. The maximum absolute atomic E-state index is 12.7. The van der Waals surface area contributed by atoms with E-state index in [9.17, 15) is 4.79 Å². The summed E-state index contributed by atoms with van der Waals surface area (Å²) in [4.78, 5) is 17.3. The van der Waals surface area contributed by atoms with Crippen molar-refractivity contribution in [1.82, 2.24) is 4.98 Å². The summed E-state index contributed by atoms with van der Waals surface area (Å²) >= 11 is 2.10. The van der Waals surface area contributed by atoms with Gasteiger partial charge in [-0.25, -0.2) is 4.98 Å². The zero-order valence-electron chi connectivity index (χ0n) is 15.8. The molecule has 0 aliphatic rings. The Morgan fingerprint density at radius 3 is 2.41 bits per heavy atom. The first-order chi connectivity index (χ1) is 12.7. The topological polar surface area (TPSA) is 73.6 Å². The van der Waals surface area contributed by atoms with Crippen molar-refractivity contribution in [3.8, 4) is 11.5 Å². The molecule has 0 aliphatic heterocycles. The molecule has 1 N–H and O–H groups in total. The van der Waals surface area contributed by atoms with Crippen LogP contribution in [-0.4, -0.2) is 25.1 Å². The van der Waals surface area contributed by atoms with E-state index in [4.69, 9.17) is 13.9 Å². The molecule has 0 fully saturated rings. The number of carbonyl (C=O) groups excluding carboxylic acids is 1. The van der Waals surface area contributed by atoms with E-state index in [1.54, 1.807) is 31.4 Å². The van der Waals surface area contributed by atoms with Crippen LogP contribution in [0.25, 0.3) is 11.1 Å². The molecule has 0 saturated carbocycles. The highest BCUT2D eigenvalue weighted by Crippen LogP contribution is 2.32. The molecular weight excluding hydrogens is 459 g/mol. The molecule has 3 aromatic rings. The van der Waals surface area contributed by atoms with Gasteiger partial charge >= 0.3 is 0 Å². The zero-order valence-corrected chi connectivity index (χ0v) is 18.0. The number of hydrogen-bond acceptors (Lipinski definition) is 5. The average Bonchev–Trinajstić information content (AvgIpc) is 3.05. The molecule has 0 atom stereocenters. The van der Waals surface area contributed by atoms with Gasteiger partial charge in [0.2, 0.25) is 5.89 Å². The highest BCUT2D eigenvalue weighted by atomic mass is 127. The minimum atomic E-state index is -0.237. The fourth-order valence-electron chi connectivity index (χ4n) is 2.55. The number of aromatic nitrogens is 1. The number of ether oxygens (including phenoxy) is 2. The number of fused-ring (bicyclic) bond motifs is 1. The summed E-state index contributed by atoms with van der Waals surface area (Å²) in [6, 6.07) is 8.85. The summed E-state index contributed by atoms with van der Waals surface area (Å²) in [5, 5.41) is 2.91. The first kappa shape index (κ1) is 19.5. The molecule has 6 nitrogen and oxygen atoms in total. The fraction of sp³-hybridized carbons (Fsp3) is 0.300. The second kappa shape index (κ2) is 7.38. The second-order valence-electron chi connectivity index (χ2n) is 7.09. The molecule has 0 aliphatic carbocycles. The monoisotopic (exact) mass is 480 g/mol. The molecule has 27 heavy (non-hydrogen) atoms. The Bertz CT molecular complexity index is 1010. The lowest BCUT2D eigenvalue weighted by Crippen LogP contribution is -2.14. The van der Waals surface area contributed by atoms with E-state index in [0.717, 1.165) is 3.57 Å². The number of rotatable bonds is 4. The molecule has 142 valence electrons. The van der Waals surface area contributed by atoms with E-state index < -0.39 is 0 Å². The van der Waals surface area contributed by atoms with E-state index in [1.165, 1.54) is 7.11 Å². The van der Waals surface area contributed by atoms with Crippen molar-refractivity contribution in [1.29, 1.82) is 0 Å². The Morgan fingerprint density at radius 2 is 1.78 bits per heavy atom. The van der Waals surface area contributed by atoms with Crippen LogP contribution in [-0.2, 0) is 5.41 Å². The Kier molecular flexibility index (Phi) is 5.32. The van der Waals surface area contributed by atoms with Crippen LogP contribution in [0.3, 0.4) is 0 Å². The number of benzene rings is 2. The molecule has 0 unspecified atom stereocenters. The van der Waals surface area contributed by atoms with Crippen molar-refractivity contribution >= 4 is 45.3 Å². The van der Waals surface area contributed by atoms with Gasteiger partial charge in [0.15, 0.2) is 17.1 Å². The SMILES string of the molecule is COc1cc(I)c(C(=O)Nc2ccc3oc(C(C)(C)C)nc3c2)cc1OC. The summed E-state index contributed by atoms with van der Waals surface area (Å²) < 4.78 is 17.1. The van der Waals surface area contributed by atoms with Crippen molar-refractivity contribution in [2.24, 2.45) is 0 Å². The lowest BCUT2D eigenvalue weighted by atomic mass is 9.97. The predicted octanol–water partition coefficient (Wildman–Crippen LogP) is 5.00. The predicted molar refractivity (Wildman–Crippen MR) is 113 cm³/mol. The molecule has 1 amide bonds. The minimum Gasteiger partial charge on any atom is -0.493 e. The Labute approximate surface area is 171 Å². The summed E-state index contributed by atoms with van der Waals surface area (Å²) in [7, 11) is 3.10. The van der Waals surface area contributed by atoms with E-state index in [-0.39, 0.29) is 11.3 Å². The minimum absolute atomic E-state index is 0.182. The van der Waals surface area contributed by atoms with Gasteiger partial charge in [0.25, 0.3) is 5.91 Å². The number of nitrogens with zero attached hydrogens (tertiary/aromatic N) is 1. The first-order valence-electron chi connectivity index (χ1n) is 8.37. The van der Waals surface area contributed by atoms with Crippen LogP contribution in [0.1, 0.15) is 37.0 Å². The number of methoxy groups -OCH3 is 2. The van der Waals surface area contributed by atoms with Gasteiger partial charge in [-0.3, -0.25) is 4.79 Å². The molecule has 7 heteroatoms. The van der Waals surface area contributed by atoms with E-state index in [0.29, 0.717) is 39.7 Å². The van der Waals surface area contributed by atoms with Crippen LogP contribution in [0.2, 0.25) is 0 Å². The number of amides is 1. The van der Waals surface area contributed by atoms with Crippen LogP contribution in [0.5, 0.6) is 11.5 Å². The van der Waals surface area contributed by atoms with Crippen LogP contribution >= 0.6 is 22.6 Å². The van der Waals surface area contributed by atoms with E-state index in [2.05, 4.69) is 32.9 Å². The van der Waals surface area contributed by atoms with Crippen molar-refractivity contribution in [3.63, 3.8) is 0 Å². The van der Waals surface area contributed by atoms with Crippen LogP contribution in [0, 0.1) is 3.57 Å². The van der Waals surface area contributed by atoms with Gasteiger partial charge in [0.1, 0.15) is 5.52 Å². The smallest absolute Gasteiger partial charge is 0.256 e. The molecule has 0 spiro atoms. The molecule has 0 radical (unpaired) electrons. The Morgan fingerprint density at radius 1 is 1.11 bits per heavy atom. The number of halogens is 1. The van der Waals surface area contributed by atoms with E-state index in [1.807, 2.05) is 26.8 Å². The van der Waals surface area contributed by atoms with Crippen LogP contribution in [0.4, 0.5) is 5.69 Å². The summed E-state index contributed by atoms with van der Waals surface area (Å²) in [6.07, 6.45) is 0. The number of anilines is 1. The van der Waals surface area contributed by atoms with Gasteiger partial charge in [0.05, 0.1) is 19.8 Å². The highest BCUT2D eigenvalue weighted by Gasteiger charge is 2.21. The van der Waals surface area contributed by atoms with Crippen molar-refractivity contribution in [3.05, 3.63) is 45.4 Å². The number of carbonyl (C=O) groups is 1. The van der Waals surface area contributed by atoms with Crippen LogP contribution < -0.4 is 14.8 Å². The number of nitrogens with one attached hydrogen (secondary N) is 1. The lowest BCUT2D eigenvalue weighted by Gasteiger charge is -2.12. The van der Waals surface area contributed by atoms with Gasteiger partial charge in [0, 0.05) is 14.7 Å². The van der Waals surface area contributed by atoms with Gasteiger partial charge in [-0.05, 0) is 52.9 Å². The molecule has 0 bridgehead atoms. The van der Waals surface area contributed by atoms with Gasteiger partial charge in [-0.1, -0.05) is 20.8 Å². The first-order valence-corrected chi connectivity index (χ1v) is 9.44.